The standard InChI is InChI=1S/C16H24N2/c1-12(2)10-13-6-7-17-16-5-4-14(11-15(13)16)18-8-3-9-18/h6-7,12,14H,3-5,8-11H2,1-2H3. The van der Waals surface area contributed by atoms with Crippen LogP contribution in [0, 0.1) is 5.92 Å². The van der Waals surface area contributed by atoms with Crippen molar-refractivity contribution in [1.82, 2.24) is 9.88 Å². The van der Waals surface area contributed by atoms with Gasteiger partial charge in [0.05, 0.1) is 0 Å². The minimum absolute atomic E-state index is 0.737. The summed E-state index contributed by atoms with van der Waals surface area (Å²) in [5.74, 6) is 0.737. The maximum Gasteiger partial charge on any atom is 0.0439 e. The molecule has 0 spiro atoms. The molecule has 2 aliphatic rings. The van der Waals surface area contributed by atoms with Crippen molar-refractivity contribution in [3.05, 3.63) is 29.1 Å². The van der Waals surface area contributed by atoms with E-state index in [9.17, 15) is 0 Å². The molecule has 1 aromatic rings. The summed E-state index contributed by atoms with van der Waals surface area (Å²) >= 11 is 0. The molecule has 1 aromatic heterocycles. The number of fused-ring (bicyclic) bond motifs is 1. The van der Waals surface area contributed by atoms with Gasteiger partial charge in [0.15, 0.2) is 0 Å². The van der Waals surface area contributed by atoms with Gasteiger partial charge in [0.2, 0.25) is 0 Å². The summed E-state index contributed by atoms with van der Waals surface area (Å²) in [4.78, 5) is 7.27. The van der Waals surface area contributed by atoms with Crippen LogP contribution in [0.5, 0.6) is 0 Å². The summed E-state index contributed by atoms with van der Waals surface area (Å²) < 4.78 is 0. The lowest BCUT2D eigenvalue weighted by Crippen LogP contribution is -2.47. The van der Waals surface area contributed by atoms with Crippen molar-refractivity contribution in [1.29, 1.82) is 0 Å². The van der Waals surface area contributed by atoms with Crippen molar-refractivity contribution in [2.45, 2.75) is 52.0 Å². The predicted octanol–water partition coefficient (Wildman–Crippen LogP) is 2.84. The first kappa shape index (κ1) is 12.2. The lowest BCUT2D eigenvalue weighted by atomic mass is 9.85. The smallest absolute Gasteiger partial charge is 0.0439 e. The van der Waals surface area contributed by atoms with Gasteiger partial charge >= 0.3 is 0 Å². The summed E-state index contributed by atoms with van der Waals surface area (Å²) in [6.07, 6.45) is 8.35. The SMILES string of the molecule is CC(C)Cc1ccnc2c1CC(N1CCC1)CC2. The number of hydrogen-bond acceptors (Lipinski definition) is 2. The van der Waals surface area contributed by atoms with Gasteiger partial charge in [-0.25, -0.2) is 0 Å². The van der Waals surface area contributed by atoms with E-state index in [0.717, 1.165) is 12.0 Å². The fourth-order valence-corrected chi connectivity index (χ4v) is 3.33. The van der Waals surface area contributed by atoms with E-state index in [0.29, 0.717) is 0 Å². The summed E-state index contributed by atoms with van der Waals surface area (Å²) in [5.41, 5.74) is 4.51. The van der Waals surface area contributed by atoms with E-state index in [-0.39, 0.29) is 0 Å². The fraction of sp³-hybridized carbons (Fsp3) is 0.688. The molecule has 0 bridgehead atoms. The largest absolute Gasteiger partial charge is 0.300 e. The molecule has 0 aromatic carbocycles. The Morgan fingerprint density at radius 1 is 1.39 bits per heavy atom. The minimum Gasteiger partial charge on any atom is -0.300 e. The van der Waals surface area contributed by atoms with Crippen LogP contribution in [0.25, 0.3) is 0 Å². The number of nitrogens with zero attached hydrogens (tertiary/aromatic N) is 2. The van der Waals surface area contributed by atoms with Gasteiger partial charge in [0.1, 0.15) is 0 Å². The molecule has 2 heterocycles. The molecular weight excluding hydrogens is 220 g/mol. The van der Waals surface area contributed by atoms with Gasteiger partial charge in [-0.1, -0.05) is 13.8 Å². The van der Waals surface area contributed by atoms with Crippen LogP contribution in [0.15, 0.2) is 12.3 Å². The quantitative estimate of drug-likeness (QED) is 0.813. The predicted molar refractivity (Wildman–Crippen MR) is 74.8 cm³/mol. The van der Waals surface area contributed by atoms with Gasteiger partial charge in [-0.3, -0.25) is 9.88 Å². The van der Waals surface area contributed by atoms with Gasteiger partial charge < -0.3 is 0 Å². The molecule has 98 valence electrons. The highest BCUT2D eigenvalue weighted by Gasteiger charge is 2.29. The van der Waals surface area contributed by atoms with Crippen molar-refractivity contribution in [3.8, 4) is 0 Å². The molecule has 1 saturated heterocycles. The Hall–Kier alpha value is -0.890. The second-order valence-electron chi connectivity index (χ2n) is 6.28. The van der Waals surface area contributed by atoms with Crippen LogP contribution in [0.2, 0.25) is 0 Å². The fourth-order valence-electron chi connectivity index (χ4n) is 3.33. The lowest BCUT2D eigenvalue weighted by Gasteiger charge is -2.41. The zero-order valence-electron chi connectivity index (χ0n) is 11.7. The van der Waals surface area contributed by atoms with Crippen molar-refractivity contribution in [2.75, 3.05) is 13.1 Å². The molecule has 2 nitrogen and oxygen atoms in total. The Morgan fingerprint density at radius 2 is 2.22 bits per heavy atom. The molecule has 1 unspecified atom stereocenters. The Balaban J connectivity index is 1.82. The van der Waals surface area contributed by atoms with Gasteiger partial charge in [-0.15, -0.1) is 0 Å². The third-order valence-electron chi connectivity index (χ3n) is 4.43. The minimum atomic E-state index is 0.737. The number of rotatable bonds is 3. The Kier molecular flexibility index (Phi) is 3.38. The first-order valence-corrected chi connectivity index (χ1v) is 7.43. The molecule has 0 saturated carbocycles. The maximum atomic E-state index is 4.61. The van der Waals surface area contributed by atoms with E-state index < -0.39 is 0 Å². The van der Waals surface area contributed by atoms with Crippen molar-refractivity contribution in [2.24, 2.45) is 5.92 Å². The van der Waals surface area contributed by atoms with E-state index in [1.807, 2.05) is 6.20 Å². The Bertz CT molecular complexity index is 421. The lowest BCUT2D eigenvalue weighted by molar-refractivity contribution is 0.107. The summed E-state index contributed by atoms with van der Waals surface area (Å²) in [6, 6.07) is 3.04. The molecule has 1 aliphatic carbocycles. The van der Waals surface area contributed by atoms with Crippen molar-refractivity contribution >= 4 is 0 Å². The van der Waals surface area contributed by atoms with E-state index in [4.69, 9.17) is 0 Å². The number of likely N-dealkylation sites (tertiary alicyclic amines) is 1. The average Bonchev–Trinajstić information content (AvgIpc) is 2.27. The Morgan fingerprint density at radius 3 is 2.89 bits per heavy atom. The van der Waals surface area contributed by atoms with Gasteiger partial charge in [0.25, 0.3) is 0 Å². The van der Waals surface area contributed by atoms with Crippen LogP contribution in [-0.2, 0) is 19.3 Å². The van der Waals surface area contributed by atoms with Gasteiger partial charge in [-0.05, 0) is 68.3 Å². The third kappa shape index (κ3) is 2.31. The van der Waals surface area contributed by atoms with E-state index in [1.54, 1.807) is 11.1 Å². The Labute approximate surface area is 110 Å². The van der Waals surface area contributed by atoms with E-state index in [1.165, 1.54) is 50.9 Å². The number of hydrogen-bond donors (Lipinski definition) is 0. The highest BCUT2D eigenvalue weighted by atomic mass is 15.2. The molecule has 18 heavy (non-hydrogen) atoms. The number of aromatic nitrogens is 1. The number of aryl methyl sites for hydroxylation is 1. The summed E-state index contributed by atoms with van der Waals surface area (Å²) in [6.45, 7) is 7.25. The summed E-state index contributed by atoms with van der Waals surface area (Å²) in [7, 11) is 0. The van der Waals surface area contributed by atoms with Crippen molar-refractivity contribution in [3.63, 3.8) is 0 Å². The summed E-state index contributed by atoms with van der Waals surface area (Å²) in [5, 5.41) is 0. The topological polar surface area (TPSA) is 16.1 Å². The second-order valence-corrected chi connectivity index (χ2v) is 6.28. The van der Waals surface area contributed by atoms with E-state index in [2.05, 4.69) is 29.8 Å². The van der Waals surface area contributed by atoms with Crippen LogP contribution < -0.4 is 0 Å². The molecule has 1 aliphatic heterocycles. The molecule has 0 N–H and O–H groups in total. The monoisotopic (exact) mass is 244 g/mol. The van der Waals surface area contributed by atoms with Crippen LogP contribution in [0.4, 0.5) is 0 Å². The molecule has 0 radical (unpaired) electrons. The van der Waals surface area contributed by atoms with Crippen molar-refractivity contribution < 1.29 is 0 Å². The zero-order chi connectivity index (χ0) is 12.5. The second kappa shape index (κ2) is 5.00. The van der Waals surface area contributed by atoms with Crippen LogP contribution >= 0.6 is 0 Å². The first-order chi connectivity index (χ1) is 8.74. The molecule has 2 heteroatoms. The van der Waals surface area contributed by atoms with Gasteiger partial charge in [-0.2, -0.15) is 0 Å². The maximum absolute atomic E-state index is 4.61. The first-order valence-electron chi connectivity index (χ1n) is 7.43. The van der Waals surface area contributed by atoms with Gasteiger partial charge in [0, 0.05) is 17.9 Å². The van der Waals surface area contributed by atoms with Crippen LogP contribution in [0.3, 0.4) is 0 Å². The van der Waals surface area contributed by atoms with E-state index >= 15 is 0 Å². The zero-order valence-corrected chi connectivity index (χ0v) is 11.7. The van der Waals surface area contributed by atoms with Crippen LogP contribution in [-0.4, -0.2) is 29.0 Å². The normalized spacial score (nSPS) is 23.8. The third-order valence-corrected chi connectivity index (χ3v) is 4.43. The molecule has 3 rings (SSSR count). The molecule has 1 fully saturated rings. The molecule has 1 atom stereocenters. The average molecular weight is 244 g/mol. The highest BCUT2D eigenvalue weighted by Crippen LogP contribution is 2.29. The molecule has 0 amide bonds. The highest BCUT2D eigenvalue weighted by molar-refractivity contribution is 5.33. The number of pyridine rings is 1. The molecular formula is C16H24N2. The van der Waals surface area contributed by atoms with Crippen LogP contribution in [0.1, 0.15) is 43.5 Å².